The van der Waals surface area contributed by atoms with Gasteiger partial charge in [-0.1, -0.05) is 0 Å². The smallest absolute Gasteiger partial charge is 0.241 e. The van der Waals surface area contributed by atoms with E-state index in [1.807, 2.05) is 0 Å². The number of rotatable bonds is 4. The van der Waals surface area contributed by atoms with Crippen LogP contribution < -0.4 is 10.5 Å². The first-order valence-electron chi connectivity index (χ1n) is 6.67. The van der Waals surface area contributed by atoms with E-state index in [1.165, 1.54) is 6.92 Å². The SMILES string of the molecule is CC(NS(=O)(=O)c1ccc(F)c(N)c1)C(=O)N1CCCC1. The lowest BCUT2D eigenvalue weighted by Crippen LogP contribution is -2.45. The molecule has 1 aliphatic rings. The fourth-order valence-corrected chi connectivity index (χ4v) is 3.48. The van der Waals surface area contributed by atoms with Crippen LogP contribution in [0.15, 0.2) is 23.1 Å². The van der Waals surface area contributed by atoms with Gasteiger partial charge < -0.3 is 10.6 Å². The Morgan fingerprint density at radius 3 is 2.57 bits per heavy atom. The van der Waals surface area contributed by atoms with E-state index in [0.717, 1.165) is 31.0 Å². The number of hydrogen-bond donors (Lipinski definition) is 2. The highest BCUT2D eigenvalue weighted by molar-refractivity contribution is 7.89. The van der Waals surface area contributed by atoms with Gasteiger partial charge in [0.1, 0.15) is 5.82 Å². The number of amides is 1. The molecule has 1 atom stereocenters. The van der Waals surface area contributed by atoms with Gasteiger partial charge in [0.25, 0.3) is 0 Å². The van der Waals surface area contributed by atoms with Gasteiger partial charge in [-0.05, 0) is 38.0 Å². The fourth-order valence-electron chi connectivity index (χ4n) is 2.25. The molecule has 3 N–H and O–H groups in total. The molecule has 1 aromatic carbocycles. The van der Waals surface area contributed by atoms with Crippen LogP contribution >= 0.6 is 0 Å². The lowest BCUT2D eigenvalue weighted by molar-refractivity contribution is -0.131. The molecule has 1 saturated heterocycles. The van der Waals surface area contributed by atoms with Gasteiger partial charge in [-0.2, -0.15) is 4.72 Å². The molecule has 0 aliphatic carbocycles. The van der Waals surface area contributed by atoms with Gasteiger partial charge in [-0.15, -0.1) is 0 Å². The number of nitrogen functional groups attached to an aromatic ring is 1. The van der Waals surface area contributed by atoms with Crippen molar-refractivity contribution in [3.05, 3.63) is 24.0 Å². The molecule has 1 amide bonds. The van der Waals surface area contributed by atoms with Crippen molar-refractivity contribution in [2.75, 3.05) is 18.8 Å². The van der Waals surface area contributed by atoms with Gasteiger partial charge in [-0.25, -0.2) is 12.8 Å². The normalized spacial score (nSPS) is 17.0. The van der Waals surface area contributed by atoms with Crippen LogP contribution in [0.25, 0.3) is 0 Å². The Kier molecular flexibility index (Phi) is 4.48. The number of anilines is 1. The van der Waals surface area contributed by atoms with Crippen molar-refractivity contribution in [3.63, 3.8) is 0 Å². The van der Waals surface area contributed by atoms with Crippen molar-refractivity contribution < 1.29 is 17.6 Å². The molecular weight excluding hydrogens is 297 g/mol. The summed E-state index contributed by atoms with van der Waals surface area (Å²) in [6.07, 6.45) is 1.86. The van der Waals surface area contributed by atoms with Crippen molar-refractivity contribution >= 4 is 21.6 Å². The summed E-state index contributed by atoms with van der Waals surface area (Å²) in [6, 6.07) is 2.25. The van der Waals surface area contributed by atoms with Crippen molar-refractivity contribution in [2.24, 2.45) is 0 Å². The van der Waals surface area contributed by atoms with E-state index >= 15 is 0 Å². The molecule has 2 rings (SSSR count). The predicted octanol–water partition coefficient (Wildman–Crippen LogP) is 0.697. The number of hydrogen-bond acceptors (Lipinski definition) is 4. The van der Waals surface area contributed by atoms with E-state index in [0.29, 0.717) is 13.1 Å². The van der Waals surface area contributed by atoms with Crippen LogP contribution in [0, 0.1) is 5.82 Å². The van der Waals surface area contributed by atoms with E-state index in [-0.39, 0.29) is 16.5 Å². The predicted molar refractivity (Wildman–Crippen MR) is 76.4 cm³/mol. The van der Waals surface area contributed by atoms with Crippen LogP contribution in [0.3, 0.4) is 0 Å². The Labute approximate surface area is 123 Å². The number of carbonyl (C=O) groups is 1. The van der Waals surface area contributed by atoms with Crippen molar-refractivity contribution in [1.29, 1.82) is 0 Å². The first-order chi connectivity index (χ1) is 9.81. The van der Waals surface area contributed by atoms with Gasteiger partial charge in [0.05, 0.1) is 16.6 Å². The molecule has 1 aliphatic heterocycles. The summed E-state index contributed by atoms with van der Waals surface area (Å²) in [6.45, 7) is 2.79. The molecular formula is C13H18FN3O3S. The minimum atomic E-state index is -3.92. The number of carbonyl (C=O) groups excluding carboxylic acids is 1. The Balaban J connectivity index is 2.12. The molecule has 116 valence electrons. The van der Waals surface area contributed by atoms with Crippen LogP contribution in [0.5, 0.6) is 0 Å². The van der Waals surface area contributed by atoms with E-state index in [9.17, 15) is 17.6 Å². The largest absolute Gasteiger partial charge is 0.396 e. The maximum absolute atomic E-state index is 13.1. The summed E-state index contributed by atoms with van der Waals surface area (Å²) in [5, 5.41) is 0. The quantitative estimate of drug-likeness (QED) is 0.800. The third-order valence-corrected chi connectivity index (χ3v) is 4.94. The molecule has 1 aromatic rings. The Morgan fingerprint density at radius 1 is 1.38 bits per heavy atom. The molecule has 21 heavy (non-hydrogen) atoms. The van der Waals surface area contributed by atoms with Gasteiger partial charge >= 0.3 is 0 Å². The van der Waals surface area contributed by atoms with Crippen LogP contribution in [-0.2, 0) is 14.8 Å². The molecule has 1 fully saturated rings. The van der Waals surface area contributed by atoms with E-state index in [2.05, 4.69) is 4.72 Å². The highest BCUT2D eigenvalue weighted by atomic mass is 32.2. The number of nitrogens with one attached hydrogen (secondary N) is 1. The minimum Gasteiger partial charge on any atom is -0.396 e. The molecule has 0 aromatic heterocycles. The zero-order valence-electron chi connectivity index (χ0n) is 11.7. The summed E-state index contributed by atoms with van der Waals surface area (Å²) in [7, 11) is -3.92. The average Bonchev–Trinajstić information content (AvgIpc) is 2.94. The number of nitrogens with two attached hydrogens (primary N) is 1. The second kappa shape index (κ2) is 5.98. The van der Waals surface area contributed by atoms with Gasteiger partial charge in [0.2, 0.25) is 15.9 Å². The minimum absolute atomic E-state index is 0.164. The number of nitrogens with zero attached hydrogens (tertiary/aromatic N) is 1. The van der Waals surface area contributed by atoms with E-state index < -0.39 is 21.9 Å². The molecule has 0 spiro atoms. The lowest BCUT2D eigenvalue weighted by Gasteiger charge is -2.21. The Bertz CT molecular complexity index is 642. The molecule has 0 radical (unpaired) electrons. The van der Waals surface area contributed by atoms with Crippen molar-refractivity contribution in [1.82, 2.24) is 9.62 Å². The third kappa shape index (κ3) is 3.51. The molecule has 6 nitrogen and oxygen atoms in total. The summed E-state index contributed by atoms with van der Waals surface area (Å²) >= 11 is 0. The zero-order chi connectivity index (χ0) is 15.6. The number of likely N-dealkylation sites (tertiary alicyclic amines) is 1. The lowest BCUT2D eigenvalue weighted by atomic mass is 10.3. The standard InChI is InChI=1S/C13H18FN3O3S/c1-9(13(18)17-6-2-3-7-17)16-21(19,20)10-4-5-11(14)12(15)8-10/h4-5,8-9,16H,2-3,6-7,15H2,1H3. The second-order valence-corrected chi connectivity index (χ2v) is 6.77. The van der Waals surface area contributed by atoms with Crippen LogP contribution in [0.2, 0.25) is 0 Å². The Morgan fingerprint density at radius 2 is 2.00 bits per heavy atom. The molecule has 1 unspecified atom stereocenters. The zero-order valence-corrected chi connectivity index (χ0v) is 12.5. The molecule has 0 bridgehead atoms. The highest BCUT2D eigenvalue weighted by Gasteiger charge is 2.27. The van der Waals surface area contributed by atoms with Crippen molar-refractivity contribution in [2.45, 2.75) is 30.7 Å². The van der Waals surface area contributed by atoms with Gasteiger partial charge in [-0.3, -0.25) is 4.79 Å². The van der Waals surface area contributed by atoms with E-state index in [1.54, 1.807) is 4.90 Å². The van der Waals surface area contributed by atoms with E-state index in [4.69, 9.17) is 5.73 Å². The maximum Gasteiger partial charge on any atom is 0.241 e. The first-order valence-corrected chi connectivity index (χ1v) is 8.16. The first kappa shape index (κ1) is 15.7. The summed E-state index contributed by atoms with van der Waals surface area (Å²) in [5.74, 6) is -0.943. The van der Waals surface area contributed by atoms with Crippen molar-refractivity contribution in [3.8, 4) is 0 Å². The Hall–Kier alpha value is -1.67. The van der Waals surface area contributed by atoms with Crippen LogP contribution in [-0.4, -0.2) is 38.4 Å². The van der Waals surface area contributed by atoms with Crippen LogP contribution in [0.1, 0.15) is 19.8 Å². The molecule has 0 saturated carbocycles. The summed E-state index contributed by atoms with van der Waals surface area (Å²) in [4.78, 5) is 13.6. The monoisotopic (exact) mass is 315 g/mol. The second-order valence-electron chi connectivity index (χ2n) is 5.06. The topological polar surface area (TPSA) is 92.5 Å². The molecule has 1 heterocycles. The van der Waals surface area contributed by atoms with Gasteiger partial charge in [0, 0.05) is 13.1 Å². The maximum atomic E-state index is 13.1. The van der Waals surface area contributed by atoms with Crippen LogP contribution in [0.4, 0.5) is 10.1 Å². The number of benzene rings is 1. The average molecular weight is 315 g/mol. The third-order valence-electron chi connectivity index (χ3n) is 3.40. The number of sulfonamides is 1. The fraction of sp³-hybridized carbons (Fsp3) is 0.462. The summed E-state index contributed by atoms with van der Waals surface area (Å²) < 4.78 is 39.7. The van der Waals surface area contributed by atoms with Gasteiger partial charge in [0.15, 0.2) is 0 Å². The number of halogens is 1. The molecule has 8 heteroatoms. The summed E-state index contributed by atoms with van der Waals surface area (Å²) in [5.41, 5.74) is 5.11. The highest BCUT2D eigenvalue weighted by Crippen LogP contribution is 2.17.